The summed E-state index contributed by atoms with van der Waals surface area (Å²) in [6.07, 6.45) is -14.4. The molecule has 0 fully saturated rings. The summed E-state index contributed by atoms with van der Waals surface area (Å²) in [7, 11) is 1.40. The van der Waals surface area contributed by atoms with Crippen molar-refractivity contribution in [2.45, 2.75) is 105 Å². The number of benzene rings is 6. The van der Waals surface area contributed by atoms with Gasteiger partial charge in [0.05, 0.1) is 122 Å². The highest BCUT2D eigenvalue weighted by Gasteiger charge is 2.41. The van der Waals surface area contributed by atoms with Gasteiger partial charge in [0.25, 0.3) is 52.9 Å². The average Bonchev–Trinajstić information content (AvgIpc) is 1.68. The lowest BCUT2D eigenvalue weighted by molar-refractivity contribution is -0.148. The lowest BCUT2D eigenvalue weighted by Crippen LogP contribution is -2.41. The van der Waals surface area contributed by atoms with Gasteiger partial charge >= 0.3 is 18.5 Å². The van der Waals surface area contributed by atoms with E-state index in [4.69, 9.17) is 54.5 Å². The third-order valence-corrected chi connectivity index (χ3v) is 17.4. The Bertz CT molecular complexity index is 6050. The molecular weight excluding hydrogens is 1640 g/mol. The van der Waals surface area contributed by atoms with Gasteiger partial charge in [-0.05, 0) is 176 Å². The summed E-state index contributed by atoms with van der Waals surface area (Å²) >= 11 is 19.0. The number of para-hydroxylation sites is 3. The van der Waals surface area contributed by atoms with Crippen LogP contribution in [-0.4, -0.2) is 144 Å². The van der Waals surface area contributed by atoms with Crippen molar-refractivity contribution in [1.29, 1.82) is 0 Å². The topological polar surface area (TPSA) is 372 Å². The van der Waals surface area contributed by atoms with Crippen molar-refractivity contribution in [3.05, 3.63) is 262 Å². The number of carbonyl (C=O) groups excluding carboxylic acids is 6. The number of aryl methyl sites for hydroxylation is 3. The first kappa shape index (κ1) is 87.1. The molecule has 0 spiro atoms. The molecule has 45 heteroatoms. The number of nitrogens with one attached hydrogen (secondary N) is 6. The first-order valence-corrected chi connectivity index (χ1v) is 35.6. The van der Waals surface area contributed by atoms with Crippen LogP contribution >= 0.6 is 34.8 Å². The van der Waals surface area contributed by atoms with Gasteiger partial charge < -0.3 is 31.9 Å². The molecule has 12 rings (SSSR count). The molecule has 12 aromatic rings. The minimum absolute atomic E-state index is 0.0265. The smallest absolute Gasteiger partial charge is 0.355 e. The van der Waals surface area contributed by atoms with E-state index in [-0.39, 0.29) is 123 Å². The lowest BCUT2D eigenvalue weighted by Gasteiger charge is -2.22. The fourth-order valence-corrected chi connectivity index (χ4v) is 12.0. The second kappa shape index (κ2) is 35.8. The summed E-state index contributed by atoms with van der Waals surface area (Å²) in [5.74, 6) is -7.75. The van der Waals surface area contributed by atoms with Gasteiger partial charge in [0.15, 0.2) is 17.1 Å². The van der Waals surface area contributed by atoms with Crippen LogP contribution in [0.4, 0.5) is 73.6 Å². The number of aromatic nitrogens is 18. The van der Waals surface area contributed by atoms with E-state index in [0.29, 0.717) is 30.7 Å². The molecule has 33 nitrogen and oxygen atoms in total. The third kappa shape index (κ3) is 20.7. The zero-order valence-corrected chi connectivity index (χ0v) is 65.5. The molecule has 119 heavy (non-hydrogen) atoms. The fraction of sp³-hybridized carbons (Fsp3) is 0.230. The molecule has 6 aromatic heterocycles. The van der Waals surface area contributed by atoms with Gasteiger partial charge in [-0.15, -0.1) is 15.3 Å². The van der Waals surface area contributed by atoms with Crippen LogP contribution in [-0.2, 0) is 38.2 Å². The number of anilines is 3. The molecule has 6 heterocycles. The molecule has 6 aromatic carbocycles. The van der Waals surface area contributed by atoms with E-state index >= 15 is 0 Å². The normalized spacial score (nSPS) is 11.4. The number of hydrogen-bond acceptors (Lipinski definition) is 18. The van der Waals surface area contributed by atoms with Crippen LogP contribution in [0.15, 0.2) is 127 Å². The second-order valence-corrected chi connectivity index (χ2v) is 28.0. The highest BCUT2D eigenvalue weighted by Crippen LogP contribution is 2.36. The Labute approximate surface area is 682 Å². The maximum absolute atomic E-state index is 13.7. The number of nitrogens with zero attached hydrogens (tertiary/aromatic N) is 21. The number of rotatable bonds is 19. The zero-order chi connectivity index (χ0) is 86.9. The summed E-state index contributed by atoms with van der Waals surface area (Å²) in [5, 5.41) is 58.2. The highest BCUT2D eigenvalue weighted by atomic mass is 35.5. The Kier molecular flexibility index (Phi) is 26.2. The quantitative estimate of drug-likeness (QED) is 0.0323. The summed E-state index contributed by atoms with van der Waals surface area (Å²) in [4.78, 5) is 89.5. The molecule has 0 bridgehead atoms. The summed E-state index contributed by atoms with van der Waals surface area (Å²) in [5.41, 5.74) is 2.62. The highest BCUT2D eigenvalue weighted by molar-refractivity contribution is 6.33. The number of tetrazole rings is 3. The molecule has 6 N–H and O–H groups in total. The van der Waals surface area contributed by atoms with Crippen molar-refractivity contribution >= 4 is 104 Å². The van der Waals surface area contributed by atoms with Crippen LogP contribution in [0, 0.1) is 40.5 Å². The van der Waals surface area contributed by atoms with E-state index in [1.54, 1.807) is 128 Å². The summed E-state index contributed by atoms with van der Waals surface area (Å²) in [6, 6.07) is 31.5. The van der Waals surface area contributed by atoms with Gasteiger partial charge in [-0.1, -0.05) is 89.4 Å². The standard InChI is InChI=1S/C26H23ClF3N9O2.C25H21ClF3N9O2.C23H17ClF3N9O2/c1-14-10-15(31-5)11-17(22(40)33-25(2,3)4)21(14)32-23(41)20-12-16(13-38-24(26(28,29)30)34-36-37-38)35-39(20)19-9-7-6-8-18(19)27;1-13(2)31-22(39)17-10-15(30-4)9-14(3)21(17)32-23(40)20-11-16(12-37-24(25(27,28)29)33-35-36-37)34-38(20)19-8-6-5-7-18(19)26;1-12-8-13(28-2)9-15(20(37)29-3)19(12)30-21(38)18-10-14(11-35-22(23(25,26)27)31-33-34-35)32-36(18)17-7-5-4-6-16(17)24/h6-12H,13H2,1-4H3,(H,32,41)(H,33,40);5-11,13H,12H2,1-3H3,(H,31,39)(H,32,40);4-10H,11H2,1,3H3,(H,29,37)(H,30,38). The molecule has 6 amide bonds. The van der Waals surface area contributed by atoms with Crippen LogP contribution in [0.3, 0.4) is 0 Å². The molecule has 0 aliphatic carbocycles. The van der Waals surface area contributed by atoms with Crippen LogP contribution in [0.25, 0.3) is 31.6 Å². The third-order valence-electron chi connectivity index (χ3n) is 16.4. The van der Waals surface area contributed by atoms with E-state index in [1.807, 2.05) is 0 Å². The Hall–Kier alpha value is -14.3. The van der Waals surface area contributed by atoms with Crippen LogP contribution < -0.4 is 31.9 Å². The second-order valence-electron chi connectivity index (χ2n) is 26.8. The van der Waals surface area contributed by atoms with E-state index in [1.165, 1.54) is 75.7 Å². The van der Waals surface area contributed by atoms with Crippen molar-refractivity contribution in [3.8, 4) is 17.1 Å². The minimum atomic E-state index is -4.81. The average molecular weight is 1700 g/mol. The zero-order valence-electron chi connectivity index (χ0n) is 63.2. The number of halogens is 12. The van der Waals surface area contributed by atoms with E-state index < -0.39 is 96.6 Å². The molecule has 0 atom stereocenters. The van der Waals surface area contributed by atoms with Crippen LogP contribution in [0.5, 0.6) is 0 Å². The molecule has 0 aliphatic rings. The van der Waals surface area contributed by atoms with Crippen LogP contribution in [0.2, 0.25) is 15.1 Å². The Morgan fingerprint density at radius 2 is 0.714 bits per heavy atom. The molecule has 0 saturated carbocycles. The molecule has 0 unspecified atom stereocenters. The fourth-order valence-electron chi connectivity index (χ4n) is 11.4. The van der Waals surface area contributed by atoms with Gasteiger partial charge in [0.2, 0.25) is 0 Å². The van der Waals surface area contributed by atoms with Crippen molar-refractivity contribution in [1.82, 2.24) is 106 Å². The summed E-state index contributed by atoms with van der Waals surface area (Å²) < 4.78 is 125. The number of carbonyl (C=O) groups is 6. The Balaban J connectivity index is 0.000000188. The molecular formula is C74H61Cl3F9N27O6. The maximum atomic E-state index is 13.7. The van der Waals surface area contributed by atoms with Gasteiger partial charge in [0.1, 0.15) is 17.1 Å². The summed E-state index contributed by atoms with van der Waals surface area (Å²) in [6.45, 7) is 34.2. The number of amides is 6. The minimum Gasteiger partial charge on any atom is -0.355 e. The predicted octanol–water partition coefficient (Wildman–Crippen LogP) is 14.1. The molecule has 612 valence electrons. The lowest BCUT2D eigenvalue weighted by atomic mass is 10.0. The SMILES string of the molecule is [C-]#[N+]c1cc(C)c(NC(=O)c2cc(Cn3nnnc3C(F)(F)F)nn2-c2ccccc2Cl)c(C(=O)NC(C)(C)C)c1.[C-]#[N+]c1cc(C)c(NC(=O)c2cc(Cn3nnnc3C(F)(F)F)nn2-c2ccccc2Cl)c(C(=O)NC(C)C)c1.[C-]#[N+]c1cc(C)c(NC(=O)c2cc(Cn3nnnc3C(F)(F)F)nn2-c2ccccc2Cl)c(C(=O)NC)c1. The van der Waals surface area contributed by atoms with Crippen molar-refractivity contribution in [3.63, 3.8) is 0 Å². The van der Waals surface area contributed by atoms with Crippen molar-refractivity contribution in [2.24, 2.45) is 0 Å². The maximum Gasteiger partial charge on any atom is 0.453 e. The van der Waals surface area contributed by atoms with E-state index in [9.17, 15) is 68.3 Å². The van der Waals surface area contributed by atoms with Gasteiger partial charge in [-0.2, -0.15) is 54.8 Å². The van der Waals surface area contributed by atoms with Gasteiger partial charge in [-0.25, -0.2) is 42.6 Å². The Morgan fingerprint density at radius 3 is 0.975 bits per heavy atom. The molecule has 0 aliphatic heterocycles. The predicted molar refractivity (Wildman–Crippen MR) is 411 cm³/mol. The van der Waals surface area contributed by atoms with Crippen molar-refractivity contribution < 1.29 is 68.3 Å². The Morgan fingerprint density at radius 1 is 0.429 bits per heavy atom. The first-order valence-electron chi connectivity index (χ1n) is 34.5. The van der Waals surface area contributed by atoms with E-state index in [2.05, 4.69) is 108 Å². The van der Waals surface area contributed by atoms with Gasteiger partial charge in [0, 0.05) is 18.6 Å². The van der Waals surface area contributed by atoms with Crippen molar-refractivity contribution in [2.75, 3.05) is 23.0 Å². The van der Waals surface area contributed by atoms with Gasteiger partial charge in [-0.3, -0.25) is 28.8 Å². The van der Waals surface area contributed by atoms with Crippen LogP contribution in [0.1, 0.15) is 148 Å². The largest absolute Gasteiger partial charge is 0.453 e. The first-order chi connectivity index (χ1) is 56.1. The molecule has 0 saturated heterocycles. The molecule has 0 radical (unpaired) electrons. The monoisotopic (exact) mass is 1700 g/mol. The number of hydrogen-bond donors (Lipinski definition) is 6. The number of alkyl halides is 9. The van der Waals surface area contributed by atoms with E-state index in [0.717, 1.165) is 0 Å².